The molecular formula is C28H28N2O9S2. The Morgan fingerprint density at radius 1 is 0.756 bits per heavy atom. The summed E-state index contributed by atoms with van der Waals surface area (Å²) < 4.78 is 32.3. The fourth-order valence-electron chi connectivity index (χ4n) is 4.75. The van der Waals surface area contributed by atoms with E-state index >= 15 is 0 Å². The Labute approximate surface area is 245 Å². The van der Waals surface area contributed by atoms with Gasteiger partial charge in [0.2, 0.25) is 0 Å². The van der Waals surface area contributed by atoms with E-state index in [1.165, 1.54) is 13.8 Å². The molecule has 5 atom stereocenters. The van der Waals surface area contributed by atoms with Crippen molar-refractivity contribution in [1.29, 1.82) is 0 Å². The Balaban J connectivity index is 2.02. The summed E-state index contributed by atoms with van der Waals surface area (Å²) in [4.78, 5) is 48.5. The molecule has 1 saturated heterocycles. The van der Waals surface area contributed by atoms with Crippen LogP contribution < -0.4 is 0 Å². The highest BCUT2D eigenvalue weighted by Crippen LogP contribution is 2.37. The number of esters is 4. The van der Waals surface area contributed by atoms with E-state index < -0.39 is 54.5 Å². The van der Waals surface area contributed by atoms with Crippen molar-refractivity contribution in [2.24, 2.45) is 0 Å². The lowest BCUT2D eigenvalue weighted by molar-refractivity contribution is -0.268. The normalized spacial score (nSPS) is 22.0. The molecule has 0 aliphatic carbocycles. The lowest BCUT2D eigenvalue weighted by atomic mass is 9.96. The molecule has 2 aromatic carbocycles. The molecule has 1 aliphatic heterocycles. The summed E-state index contributed by atoms with van der Waals surface area (Å²) in [5, 5.41) is 0.632. The monoisotopic (exact) mass is 600 g/mol. The van der Waals surface area contributed by atoms with E-state index in [1.807, 2.05) is 42.5 Å². The molecule has 41 heavy (non-hydrogen) atoms. The predicted octanol–water partition coefficient (Wildman–Crippen LogP) is 4.15. The minimum absolute atomic E-state index is 0.181. The number of para-hydroxylation sites is 2. The summed E-state index contributed by atoms with van der Waals surface area (Å²) in [7, 11) is 0. The van der Waals surface area contributed by atoms with Crippen LogP contribution in [0.15, 0.2) is 54.6 Å². The van der Waals surface area contributed by atoms with Crippen LogP contribution in [0.25, 0.3) is 16.6 Å². The minimum atomic E-state index is -1.35. The molecule has 216 valence electrons. The van der Waals surface area contributed by atoms with Gasteiger partial charge in [-0.1, -0.05) is 42.5 Å². The quantitative estimate of drug-likeness (QED) is 0.221. The van der Waals surface area contributed by atoms with Crippen molar-refractivity contribution >= 4 is 59.2 Å². The number of aromatic nitrogens is 2. The molecule has 13 heteroatoms. The first-order valence-corrected chi connectivity index (χ1v) is 13.4. The average molecular weight is 601 g/mol. The summed E-state index contributed by atoms with van der Waals surface area (Å²) in [6.45, 7) is 4.35. The zero-order chi connectivity index (χ0) is 29.8. The second-order valence-electron chi connectivity index (χ2n) is 9.24. The zero-order valence-electron chi connectivity index (χ0n) is 22.7. The molecule has 1 fully saturated rings. The Kier molecular flexibility index (Phi) is 9.31. The number of carbonyl (C=O) groups is 4. The van der Waals surface area contributed by atoms with Gasteiger partial charge in [-0.05, 0) is 36.5 Å². The van der Waals surface area contributed by atoms with Crippen LogP contribution in [0.3, 0.4) is 0 Å². The fraction of sp³-hybridized carbons (Fsp3) is 0.357. The number of hydrogen-bond acceptors (Lipinski definition) is 11. The van der Waals surface area contributed by atoms with Gasteiger partial charge < -0.3 is 23.7 Å². The van der Waals surface area contributed by atoms with E-state index in [0.717, 1.165) is 13.8 Å². The van der Waals surface area contributed by atoms with Crippen LogP contribution in [0.5, 0.6) is 0 Å². The number of carbonyl (C=O) groups excluding carboxylic acids is 4. The minimum Gasteiger partial charge on any atom is -0.463 e. The number of benzene rings is 2. The van der Waals surface area contributed by atoms with Crippen molar-refractivity contribution in [1.82, 2.24) is 9.13 Å². The van der Waals surface area contributed by atoms with Crippen molar-refractivity contribution < 1.29 is 42.9 Å². The van der Waals surface area contributed by atoms with Crippen LogP contribution in [0.4, 0.5) is 0 Å². The van der Waals surface area contributed by atoms with E-state index in [-0.39, 0.29) is 11.4 Å². The molecule has 0 saturated carbocycles. The van der Waals surface area contributed by atoms with E-state index in [0.29, 0.717) is 21.2 Å². The van der Waals surface area contributed by atoms with E-state index in [2.05, 4.69) is 0 Å². The molecule has 4 rings (SSSR count). The molecule has 11 nitrogen and oxygen atoms in total. The fourth-order valence-corrected chi connectivity index (χ4v) is 5.57. The van der Waals surface area contributed by atoms with Gasteiger partial charge in [0.25, 0.3) is 0 Å². The zero-order valence-corrected chi connectivity index (χ0v) is 24.3. The molecule has 0 unspecified atom stereocenters. The van der Waals surface area contributed by atoms with Gasteiger partial charge in [0, 0.05) is 38.8 Å². The van der Waals surface area contributed by atoms with Crippen LogP contribution in [-0.2, 0) is 42.9 Å². The summed E-state index contributed by atoms with van der Waals surface area (Å²) in [5.41, 5.74) is 1.21. The molecule has 3 aromatic rings. The first-order valence-electron chi connectivity index (χ1n) is 12.6. The van der Waals surface area contributed by atoms with Crippen molar-refractivity contribution in [3.63, 3.8) is 0 Å². The average Bonchev–Trinajstić information content (AvgIpc) is 2.90. The molecule has 1 aliphatic rings. The van der Waals surface area contributed by atoms with E-state index in [1.54, 1.807) is 21.3 Å². The number of fused-ring (bicyclic) bond motifs is 1. The van der Waals surface area contributed by atoms with Gasteiger partial charge in [-0.3, -0.25) is 28.3 Å². The highest BCUT2D eigenvalue weighted by atomic mass is 32.1. The maximum Gasteiger partial charge on any atom is 0.303 e. The van der Waals surface area contributed by atoms with Crippen molar-refractivity contribution in [2.45, 2.75) is 58.3 Å². The van der Waals surface area contributed by atoms with Gasteiger partial charge in [0.1, 0.15) is 17.4 Å². The standard InChI is InChI=1S/C28H28N2O9S2/c1-15(31)35-14-22-23(36-16(2)32)24(37-17(3)33)25(38-18(4)34)26(39-22)30-21-13-9-8-12-20(21)27(40)29(28(30)41)19-10-6-5-7-11-19/h5-13,22-26H,14H2,1-4H3/t22-,23-,24-,25-,26+/m0/s1. The number of nitrogens with zero attached hydrogens (tertiary/aromatic N) is 2. The second kappa shape index (κ2) is 12.7. The number of rotatable bonds is 7. The third kappa shape index (κ3) is 6.53. The molecule has 1 aromatic heterocycles. The van der Waals surface area contributed by atoms with Crippen molar-refractivity contribution in [2.75, 3.05) is 6.61 Å². The number of ether oxygens (including phenoxy) is 5. The molecule has 0 spiro atoms. The van der Waals surface area contributed by atoms with Gasteiger partial charge in [-0.25, -0.2) is 0 Å². The first-order chi connectivity index (χ1) is 19.5. The van der Waals surface area contributed by atoms with Crippen LogP contribution in [-0.4, -0.2) is 64.0 Å². The third-order valence-corrected chi connectivity index (χ3v) is 7.01. The van der Waals surface area contributed by atoms with Crippen LogP contribution in [0.2, 0.25) is 0 Å². The topological polar surface area (TPSA) is 124 Å². The van der Waals surface area contributed by atoms with Gasteiger partial charge in [-0.15, -0.1) is 0 Å². The SMILES string of the molecule is CC(=O)OC[C@@H]1O[C@@H](n2c(=S)n(-c3ccccc3)c(=S)c3ccccc32)[C@@H](OC(C)=O)[C@@H](OC(C)=O)[C@H]1OC(C)=O. The van der Waals surface area contributed by atoms with Gasteiger partial charge >= 0.3 is 23.9 Å². The summed E-state index contributed by atoms with van der Waals surface area (Å²) in [6.07, 6.45) is -6.37. The summed E-state index contributed by atoms with van der Waals surface area (Å²) in [6, 6.07) is 16.4. The Bertz CT molecular complexity index is 1600. The second-order valence-corrected chi connectivity index (χ2v) is 9.99. The molecular weight excluding hydrogens is 572 g/mol. The maximum atomic E-state index is 12.4. The molecule has 0 bridgehead atoms. The molecule has 0 radical (unpaired) electrons. The van der Waals surface area contributed by atoms with Crippen LogP contribution in [0, 0.1) is 9.41 Å². The summed E-state index contributed by atoms with van der Waals surface area (Å²) >= 11 is 11.8. The highest BCUT2D eigenvalue weighted by Gasteiger charge is 2.53. The Morgan fingerprint density at radius 3 is 1.93 bits per heavy atom. The largest absolute Gasteiger partial charge is 0.463 e. The number of hydrogen-bond donors (Lipinski definition) is 0. The van der Waals surface area contributed by atoms with Crippen LogP contribution >= 0.6 is 24.4 Å². The first kappa shape index (κ1) is 30.0. The van der Waals surface area contributed by atoms with Gasteiger partial charge in [0.15, 0.2) is 29.3 Å². The lowest BCUT2D eigenvalue weighted by Crippen LogP contribution is -2.60. The molecule has 0 amide bonds. The summed E-state index contributed by atoms with van der Waals surface area (Å²) in [5.74, 6) is -2.78. The van der Waals surface area contributed by atoms with Crippen LogP contribution in [0.1, 0.15) is 33.9 Å². The smallest absolute Gasteiger partial charge is 0.303 e. The van der Waals surface area contributed by atoms with Gasteiger partial charge in [-0.2, -0.15) is 0 Å². The van der Waals surface area contributed by atoms with Gasteiger partial charge in [0.05, 0.1) is 5.52 Å². The maximum absolute atomic E-state index is 12.4. The van der Waals surface area contributed by atoms with Crippen molar-refractivity contribution in [3.8, 4) is 5.69 Å². The lowest BCUT2D eigenvalue weighted by Gasteiger charge is -2.45. The highest BCUT2D eigenvalue weighted by molar-refractivity contribution is 7.72. The Hall–Kier alpha value is -3.94. The third-order valence-electron chi connectivity index (χ3n) is 6.23. The predicted molar refractivity (Wildman–Crippen MR) is 150 cm³/mol. The van der Waals surface area contributed by atoms with E-state index in [9.17, 15) is 19.2 Å². The Morgan fingerprint density at radius 2 is 1.32 bits per heavy atom. The molecule has 2 heterocycles. The van der Waals surface area contributed by atoms with Crippen molar-refractivity contribution in [3.05, 3.63) is 64.0 Å². The molecule has 0 N–H and O–H groups in total. The van der Waals surface area contributed by atoms with E-state index in [4.69, 9.17) is 48.1 Å².